The third-order valence-electron chi connectivity index (χ3n) is 2.62. The lowest BCUT2D eigenvalue weighted by Crippen LogP contribution is -2.10. The Hall–Kier alpha value is -2.43. The molecule has 0 fully saturated rings. The predicted molar refractivity (Wildman–Crippen MR) is 73.7 cm³/mol. The molecule has 1 aromatic carbocycles. The minimum atomic E-state index is -1.15. The van der Waals surface area contributed by atoms with Gasteiger partial charge in [-0.25, -0.2) is 9.59 Å². The van der Waals surface area contributed by atoms with Crippen LogP contribution in [0.5, 0.6) is 0 Å². The lowest BCUT2D eigenvalue weighted by atomic mass is 9.96. The number of ketones is 1. The van der Waals surface area contributed by atoms with Crippen molar-refractivity contribution in [2.75, 3.05) is 6.61 Å². The van der Waals surface area contributed by atoms with Gasteiger partial charge in [-0.2, -0.15) is 0 Å². The van der Waals surface area contributed by atoms with E-state index >= 15 is 0 Å². The SMILES string of the molecule is CCOC(=O)c1cccc(C(=O)CC)c1/C=C/C(=O)O. The summed E-state index contributed by atoms with van der Waals surface area (Å²) in [6.07, 6.45) is 2.40. The largest absolute Gasteiger partial charge is 0.478 e. The zero-order chi connectivity index (χ0) is 15.1. The van der Waals surface area contributed by atoms with Gasteiger partial charge in [0, 0.05) is 18.1 Å². The summed E-state index contributed by atoms with van der Waals surface area (Å²) in [5, 5.41) is 8.71. The van der Waals surface area contributed by atoms with E-state index in [1.807, 2.05) is 0 Å². The van der Waals surface area contributed by atoms with Crippen LogP contribution in [-0.4, -0.2) is 29.4 Å². The Balaban J connectivity index is 3.39. The molecular weight excluding hydrogens is 260 g/mol. The van der Waals surface area contributed by atoms with Gasteiger partial charge in [-0.05, 0) is 24.6 Å². The van der Waals surface area contributed by atoms with Crippen molar-refractivity contribution >= 4 is 23.8 Å². The first-order valence-corrected chi connectivity index (χ1v) is 6.25. The molecule has 0 bridgehead atoms. The number of esters is 1. The van der Waals surface area contributed by atoms with Gasteiger partial charge in [0.2, 0.25) is 0 Å². The van der Waals surface area contributed by atoms with Crippen LogP contribution in [0.1, 0.15) is 46.5 Å². The predicted octanol–water partition coefficient (Wildman–Crippen LogP) is 2.55. The van der Waals surface area contributed by atoms with E-state index in [4.69, 9.17) is 9.84 Å². The van der Waals surface area contributed by atoms with Crippen molar-refractivity contribution < 1.29 is 24.2 Å². The van der Waals surface area contributed by atoms with Crippen LogP contribution in [0.15, 0.2) is 24.3 Å². The van der Waals surface area contributed by atoms with Crippen LogP contribution in [0.3, 0.4) is 0 Å². The smallest absolute Gasteiger partial charge is 0.338 e. The Bertz CT molecular complexity index is 557. The third kappa shape index (κ3) is 3.78. The van der Waals surface area contributed by atoms with Crippen LogP contribution in [-0.2, 0) is 9.53 Å². The normalized spacial score (nSPS) is 10.5. The molecule has 5 heteroatoms. The van der Waals surface area contributed by atoms with Crippen LogP contribution in [0.25, 0.3) is 6.08 Å². The lowest BCUT2D eigenvalue weighted by molar-refractivity contribution is -0.131. The monoisotopic (exact) mass is 276 g/mol. The number of ether oxygens (including phenoxy) is 1. The standard InChI is InChI=1S/C15H16O5/c1-3-13(16)11-6-5-7-12(15(19)20-4-2)10(11)8-9-14(17)18/h5-9H,3-4H2,1-2H3,(H,17,18)/b9-8+. The van der Waals surface area contributed by atoms with Gasteiger partial charge in [0.15, 0.2) is 5.78 Å². The molecule has 1 rings (SSSR count). The van der Waals surface area contributed by atoms with E-state index in [1.165, 1.54) is 12.1 Å². The second-order valence-corrected chi connectivity index (χ2v) is 3.94. The van der Waals surface area contributed by atoms with Crippen molar-refractivity contribution in [2.24, 2.45) is 0 Å². The van der Waals surface area contributed by atoms with Crippen LogP contribution in [0.2, 0.25) is 0 Å². The van der Waals surface area contributed by atoms with E-state index in [9.17, 15) is 14.4 Å². The summed E-state index contributed by atoms with van der Waals surface area (Å²) in [6.45, 7) is 3.57. The highest BCUT2D eigenvalue weighted by Crippen LogP contribution is 2.20. The number of carboxylic acid groups (broad SMARTS) is 1. The molecule has 0 saturated heterocycles. The average Bonchev–Trinajstić information content (AvgIpc) is 2.44. The Morgan fingerprint density at radius 2 is 1.85 bits per heavy atom. The van der Waals surface area contributed by atoms with Crippen LogP contribution in [0.4, 0.5) is 0 Å². The van der Waals surface area contributed by atoms with Crippen LogP contribution in [0, 0.1) is 0 Å². The maximum Gasteiger partial charge on any atom is 0.338 e. The molecule has 0 aliphatic carbocycles. The van der Waals surface area contributed by atoms with Crippen molar-refractivity contribution in [1.29, 1.82) is 0 Å². The summed E-state index contributed by atoms with van der Waals surface area (Å²) in [5.41, 5.74) is 0.777. The van der Waals surface area contributed by atoms with Gasteiger partial charge in [-0.3, -0.25) is 4.79 Å². The maximum absolute atomic E-state index is 11.9. The van der Waals surface area contributed by atoms with Crippen molar-refractivity contribution in [1.82, 2.24) is 0 Å². The van der Waals surface area contributed by atoms with Gasteiger partial charge >= 0.3 is 11.9 Å². The molecule has 0 aromatic heterocycles. The molecule has 0 aliphatic heterocycles. The van der Waals surface area contributed by atoms with Crippen LogP contribution >= 0.6 is 0 Å². The second-order valence-electron chi connectivity index (χ2n) is 3.94. The van der Waals surface area contributed by atoms with Gasteiger partial charge in [-0.15, -0.1) is 0 Å². The van der Waals surface area contributed by atoms with Crippen molar-refractivity contribution in [3.8, 4) is 0 Å². The van der Waals surface area contributed by atoms with E-state index in [-0.39, 0.29) is 29.9 Å². The molecule has 0 radical (unpaired) electrons. The van der Waals surface area contributed by atoms with E-state index in [0.29, 0.717) is 5.56 Å². The van der Waals surface area contributed by atoms with E-state index < -0.39 is 11.9 Å². The Labute approximate surface area is 116 Å². The fraction of sp³-hybridized carbons (Fsp3) is 0.267. The number of hydrogen-bond donors (Lipinski definition) is 1. The number of benzene rings is 1. The topological polar surface area (TPSA) is 80.7 Å². The fourth-order valence-corrected chi connectivity index (χ4v) is 1.72. The van der Waals surface area contributed by atoms with Gasteiger partial charge in [-0.1, -0.05) is 19.1 Å². The molecule has 0 spiro atoms. The highest BCUT2D eigenvalue weighted by molar-refractivity contribution is 6.05. The number of hydrogen-bond acceptors (Lipinski definition) is 4. The van der Waals surface area contributed by atoms with E-state index in [1.54, 1.807) is 26.0 Å². The summed E-state index contributed by atoms with van der Waals surface area (Å²) < 4.78 is 4.91. The van der Waals surface area contributed by atoms with Crippen molar-refractivity contribution in [2.45, 2.75) is 20.3 Å². The quantitative estimate of drug-likeness (QED) is 0.490. The first kappa shape index (κ1) is 15.6. The molecule has 1 aromatic rings. The maximum atomic E-state index is 11.9. The number of carbonyl (C=O) groups is 3. The van der Waals surface area contributed by atoms with E-state index in [2.05, 4.69) is 0 Å². The summed E-state index contributed by atoms with van der Waals surface area (Å²) in [4.78, 5) is 34.4. The zero-order valence-corrected chi connectivity index (χ0v) is 11.4. The van der Waals surface area contributed by atoms with Crippen LogP contribution < -0.4 is 0 Å². The number of carboxylic acids is 1. The molecule has 0 unspecified atom stereocenters. The highest BCUT2D eigenvalue weighted by Gasteiger charge is 2.17. The van der Waals surface area contributed by atoms with Crippen molar-refractivity contribution in [3.63, 3.8) is 0 Å². The summed E-state index contributed by atoms with van der Waals surface area (Å²) >= 11 is 0. The molecule has 106 valence electrons. The second kappa shape index (κ2) is 7.23. The zero-order valence-electron chi connectivity index (χ0n) is 11.4. The number of rotatable bonds is 6. The number of Topliss-reactive ketones (excluding diaryl/α,β-unsaturated/α-hetero) is 1. The first-order chi connectivity index (χ1) is 9.51. The van der Waals surface area contributed by atoms with Crippen molar-refractivity contribution in [3.05, 3.63) is 41.0 Å². The van der Waals surface area contributed by atoms with Gasteiger partial charge in [0.05, 0.1) is 12.2 Å². The molecule has 1 N–H and O–H groups in total. The molecule has 0 heterocycles. The third-order valence-corrected chi connectivity index (χ3v) is 2.62. The highest BCUT2D eigenvalue weighted by atomic mass is 16.5. The molecule has 0 amide bonds. The molecule has 0 aliphatic rings. The molecule has 0 atom stereocenters. The first-order valence-electron chi connectivity index (χ1n) is 6.25. The summed E-state index contributed by atoms with van der Waals surface area (Å²) in [7, 11) is 0. The molecule has 5 nitrogen and oxygen atoms in total. The molecule has 0 saturated carbocycles. The Kier molecular flexibility index (Phi) is 5.65. The Morgan fingerprint density at radius 3 is 2.40 bits per heavy atom. The minimum absolute atomic E-state index is 0.166. The van der Waals surface area contributed by atoms with Gasteiger partial charge < -0.3 is 9.84 Å². The van der Waals surface area contributed by atoms with Gasteiger partial charge in [0.25, 0.3) is 0 Å². The van der Waals surface area contributed by atoms with E-state index in [0.717, 1.165) is 6.08 Å². The molecule has 20 heavy (non-hydrogen) atoms. The summed E-state index contributed by atoms with van der Waals surface area (Å²) in [5.74, 6) is -1.90. The fourth-order valence-electron chi connectivity index (χ4n) is 1.72. The Morgan fingerprint density at radius 1 is 1.20 bits per heavy atom. The molecular formula is C15H16O5. The average molecular weight is 276 g/mol. The summed E-state index contributed by atoms with van der Waals surface area (Å²) in [6, 6.07) is 4.65. The van der Waals surface area contributed by atoms with Gasteiger partial charge in [0.1, 0.15) is 0 Å². The minimum Gasteiger partial charge on any atom is -0.478 e. The lowest BCUT2D eigenvalue weighted by Gasteiger charge is -2.09. The number of carbonyl (C=O) groups excluding carboxylic acids is 2. The number of aliphatic carboxylic acids is 1.